The lowest BCUT2D eigenvalue weighted by molar-refractivity contribution is -0.0102. The molecule has 0 radical (unpaired) electrons. The Balaban J connectivity index is 1.83. The number of aliphatic hydroxyl groups is 1. The van der Waals surface area contributed by atoms with Crippen LogP contribution in [0.1, 0.15) is 67.4 Å². The monoisotopic (exact) mass is 379 g/mol. The second-order valence-electron chi connectivity index (χ2n) is 7.99. The number of fused-ring (bicyclic) bond motifs is 1. The fourth-order valence-corrected chi connectivity index (χ4v) is 4.48. The van der Waals surface area contributed by atoms with Crippen LogP contribution < -0.4 is 0 Å². The average Bonchev–Trinajstić information content (AvgIpc) is 3.03. The molecule has 1 aromatic rings. The van der Waals surface area contributed by atoms with E-state index in [0.29, 0.717) is 31.2 Å². The molecular weight excluding hydrogens is 346 g/mol. The van der Waals surface area contributed by atoms with E-state index >= 15 is 0 Å². The molecule has 1 saturated carbocycles. The van der Waals surface area contributed by atoms with Crippen molar-refractivity contribution in [3.05, 3.63) is 17.0 Å². The van der Waals surface area contributed by atoms with E-state index in [0.717, 1.165) is 36.9 Å². The van der Waals surface area contributed by atoms with Crippen LogP contribution in [0.3, 0.4) is 0 Å². The van der Waals surface area contributed by atoms with Crippen LogP contribution in [0.5, 0.6) is 0 Å². The molecule has 1 fully saturated rings. The van der Waals surface area contributed by atoms with E-state index in [1.807, 2.05) is 30.5 Å². The van der Waals surface area contributed by atoms with Gasteiger partial charge in [0.25, 0.3) is 5.91 Å². The van der Waals surface area contributed by atoms with Gasteiger partial charge in [0, 0.05) is 38.8 Å². The van der Waals surface area contributed by atoms with Crippen LogP contribution in [0.2, 0.25) is 0 Å². The van der Waals surface area contributed by atoms with E-state index in [1.165, 1.54) is 0 Å². The van der Waals surface area contributed by atoms with Gasteiger partial charge in [0.2, 0.25) is 0 Å². The van der Waals surface area contributed by atoms with Crippen LogP contribution in [-0.4, -0.2) is 65.2 Å². The predicted molar refractivity (Wildman–Crippen MR) is 102 cm³/mol. The van der Waals surface area contributed by atoms with E-state index < -0.39 is 0 Å². The zero-order chi connectivity index (χ0) is 19.6. The van der Waals surface area contributed by atoms with Gasteiger partial charge in [-0.25, -0.2) is 0 Å². The number of aliphatic hydroxyl groups excluding tert-OH is 1. The molecule has 2 aliphatic rings. The van der Waals surface area contributed by atoms with Gasteiger partial charge in [-0.1, -0.05) is 0 Å². The van der Waals surface area contributed by atoms with Crippen LogP contribution in [0.4, 0.5) is 0 Å². The molecule has 152 valence electrons. The highest BCUT2D eigenvalue weighted by Crippen LogP contribution is 2.34. The van der Waals surface area contributed by atoms with Crippen molar-refractivity contribution in [2.45, 2.75) is 70.7 Å². The van der Waals surface area contributed by atoms with Crippen molar-refractivity contribution in [3.63, 3.8) is 0 Å². The van der Waals surface area contributed by atoms with E-state index in [1.54, 1.807) is 7.11 Å². The molecule has 27 heavy (non-hydrogen) atoms. The number of aromatic nitrogens is 2. The minimum atomic E-state index is -0.0834. The van der Waals surface area contributed by atoms with Gasteiger partial charge in [-0.2, -0.15) is 5.10 Å². The molecule has 0 unspecified atom stereocenters. The normalized spacial score (nSPS) is 28.0. The van der Waals surface area contributed by atoms with Gasteiger partial charge < -0.3 is 19.5 Å². The molecule has 1 aliphatic carbocycles. The van der Waals surface area contributed by atoms with Crippen LogP contribution in [0.15, 0.2) is 0 Å². The minimum absolute atomic E-state index is 0.00355. The average molecular weight is 380 g/mol. The summed E-state index contributed by atoms with van der Waals surface area (Å²) in [6.45, 7) is 5.47. The third-order valence-corrected chi connectivity index (χ3v) is 6.06. The Labute approximate surface area is 161 Å². The highest BCUT2D eigenvalue weighted by Gasteiger charge is 2.35. The number of carbonyl (C=O) groups excluding carboxylic acids is 1. The highest BCUT2D eigenvalue weighted by atomic mass is 16.5. The van der Waals surface area contributed by atoms with Crippen LogP contribution in [-0.2, 0) is 22.4 Å². The van der Waals surface area contributed by atoms with Gasteiger partial charge in [-0.15, -0.1) is 0 Å². The molecule has 2 atom stereocenters. The summed E-state index contributed by atoms with van der Waals surface area (Å²) in [5.74, 6) is 0.376. The smallest absolute Gasteiger partial charge is 0.274 e. The fraction of sp³-hybridized carbons (Fsp3) is 0.800. The Morgan fingerprint density at radius 1 is 1.33 bits per heavy atom. The second-order valence-corrected chi connectivity index (χ2v) is 7.99. The molecule has 1 aliphatic heterocycles. The summed E-state index contributed by atoms with van der Waals surface area (Å²) in [7, 11) is 3.56. The summed E-state index contributed by atoms with van der Waals surface area (Å²) in [6, 6.07) is 0.217. The molecule has 1 N–H and O–H groups in total. The number of rotatable bonds is 6. The number of hydrogen-bond donors (Lipinski definition) is 1. The van der Waals surface area contributed by atoms with Gasteiger partial charge in [-0.05, 0) is 45.4 Å². The summed E-state index contributed by atoms with van der Waals surface area (Å²) in [5, 5.41) is 14.0. The topological polar surface area (TPSA) is 76.8 Å². The largest absolute Gasteiger partial charge is 0.396 e. The van der Waals surface area contributed by atoms with E-state index in [4.69, 9.17) is 9.47 Å². The fourth-order valence-electron chi connectivity index (χ4n) is 4.48. The molecule has 1 amide bonds. The lowest BCUT2D eigenvalue weighted by atomic mass is 9.86. The number of carbonyl (C=O) groups is 1. The van der Waals surface area contributed by atoms with Crippen LogP contribution >= 0.6 is 0 Å². The summed E-state index contributed by atoms with van der Waals surface area (Å²) >= 11 is 0. The lowest BCUT2D eigenvalue weighted by Crippen LogP contribution is -2.40. The first kappa shape index (κ1) is 20.3. The third kappa shape index (κ3) is 4.20. The zero-order valence-electron chi connectivity index (χ0n) is 17.0. The number of nitrogens with zero attached hydrogens (tertiary/aromatic N) is 3. The molecular formula is C20H33N3O4. The molecule has 2 heterocycles. The van der Waals surface area contributed by atoms with Crippen molar-refractivity contribution in [3.8, 4) is 0 Å². The SMILES string of the molecule is COCCn1nc(C(=O)N(C)C2CCC(CO)CC2)c2c1[C@H](C)O[C@H](C)C2. The van der Waals surface area contributed by atoms with Crippen LogP contribution in [0, 0.1) is 5.92 Å². The maximum Gasteiger partial charge on any atom is 0.274 e. The first-order valence-electron chi connectivity index (χ1n) is 10.1. The Morgan fingerprint density at radius 3 is 2.67 bits per heavy atom. The first-order chi connectivity index (χ1) is 13.0. The van der Waals surface area contributed by atoms with Crippen LogP contribution in [0.25, 0.3) is 0 Å². The third-order valence-electron chi connectivity index (χ3n) is 6.06. The van der Waals surface area contributed by atoms with Crippen molar-refractivity contribution in [1.29, 1.82) is 0 Å². The maximum absolute atomic E-state index is 13.3. The van der Waals surface area contributed by atoms with Gasteiger partial charge in [-0.3, -0.25) is 9.48 Å². The Bertz CT molecular complexity index is 652. The zero-order valence-corrected chi connectivity index (χ0v) is 17.0. The molecule has 7 heteroatoms. The number of amides is 1. The molecule has 7 nitrogen and oxygen atoms in total. The highest BCUT2D eigenvalue weighted by molar-refractivity contribution is 5.94. The maximum atomic E-state index is 13.3. The Kier molecular flexibility index (Phi) is 6.55. The molecule has 0 saturated heterocycles. The van der Waals surface area contributed by atoms with E-state index in [-0.39, 0.29) is 30.8 Å². The molecule has 1 aromatic heterocycles. The summed E-state index contributed by atoms with van der Waals surface area (Å²) < 4.78 is 13.1. The standard InChI is InChI=1S/C20H33N3O4/c1-13-11-17-18(21-23(9-10-26-4)19(17)14(2)27-13)20(25)22(3)16-7-5-15(12-24)6-8-16/h13-16,24H,5-12H2,1-4H3/t13-,14+,15?,16?/m1/s1. The quantitative estimate of drug-likeness (QED) is 0.820. The van der Waals surface area contributed by atoms with E-state index in [2.05, 4.69) is 5.10 Å². The Hall–Kier alpha value is -1.44. The van der Waals surface area contributed by atoms with Gasteiger partial charge in [0.1, 0.15) is 0 Å². The second kappa shape index (κ2) is 8.71. The van der Waals surface area contributed by atoms with Gasteiger partial charge in [0.15, 0.2) is 5.69 Å². The molecule has 0 aromatic carbocycles. The van der Waals surface area contributed by atoms with Gasteiger partial charge >= 0.3 is 0 Å². The number of methoxy groups -OCH3 is 1. The van der Waals surface area contributed by atoms with Crippen molar-refractivity contribution in [2.24, 2.45) is 5.92 Å². The predicted octanol–water partition coefficient (Wildman–Crippen LogP) is 2.17. The first-order valence-corrected chi connectivity index (χ1v) is 10.1. The Morgan fingerprint density at radius 2 is 2.04 bits per heavy atom. The molecule has 3 rings (SSSR count). The summed E-state index contributed by atoms with van der Waals surface area (Å²) in [4.78, 5) is 15.2. The van der Waals surface area contributed by atoms with Crippen molar-refractivity contribution >= 4 is 5.91 Å². The van der Waals surface area contributed by atoms with Crippen molar-refractivity contribution in [2.75, 3.05) is 27.4 Å². The minimum Gasteiger partial charge on any atom is -0.396 e. The van der Waals surface area contributed by atoms with Crippen molar-refractivity contribution in [1.82, 2.24) is 14.7 Å². The number of ether oxygens (including phenoxy) is 2. The van der Waals surface area contributed by atoms with Gasteiger partial charge in [0.05, 0.1) is 31.1 Å². The van der Waals surface area contributed by atoms with E-state index in [9.17, 15) is 9.90 Å². The molecule has 0 spiro atoms. The molecule has 0 bridgehead atoms. The van der Waals surface area contributed by atoms with Crippen molar-refractivity contribution < 1.29 is 19.4 Å². The lowest BCUT2D eigenvalue weighted by Gasteiger charge is -2.34. The summed E-state index contributed by atoms with van der Waals surface area (Å²) in [6.07, 6.45) is 4.52. The number of hydrogen-bond acceptors (Lipinski definition) is 5. The summed E-state index contributed by atoms with van der Waals surface area (Å²) in [5.41, 5.74) is 2.60.